The lowest BCUT2D eigenvalue weighted by Gasteiger charge is -2.26. The van der Waals surface area contributed by atoms with Crippen LogP contribution in [0.5, 0.6) is 0 Å². The van der Waals surface area contributed by atoms with Crippen LogP contribution in [0.25, 0.3) is 16.7 Å². The highest BCUT2D eigenvalue weighted by molar-refractivity contribution is 5.88. The fourth-order valence-electron chi connectivity index (χ4n) is 5.35. The van der Waals surface area contributed by atoms with E-state index in [9.17, 15) is 4.79 Å². The van der Waals surface area contributed by atoms with Crippen molar-refractivity contribution < 1.29 is 4.79 Å². The molecule has 7 nitrogen and oxygen atoms in total. The molecule has 1 atom stereocenters. The van der Waals surface area contributed by atoms with Gasteiger partial charge in [-0.2, -0.15) is 5.10 Å². The second kappa shape index (κ2) is 12.2. The molecule has 198 valence electrons. The van der Waals surface area contributed by atoms with Crippen molar-refractivity contribution in [3.8, 4) is 5.69 Å². The van der Waals surface area contributed by atoms with E-state index in [1.165, 1.54) is 5.56 Å². The molecular formula is C31H38N6O. The molecule has 1 saturated heterocycles. The monoisotopic (exact) mass is 510 g/mol. The maximum atomic E-state index is 13.3. The largest absolute Gasteiger partial charge is 0.354 e. The average molecular weight is 511 g/mol. The van der Waals surface area contributed by atoms with Crippen molar-refractivity contribution >= 4 is 22.8 Å². The average Bonchev–Trinajstić information content (AvgIpc) is 3.22. The minimum Gasteiger partial charge on any atom is -0.354 e. The maximum absolute atomic E-state index is 13.3. The normalized spacial score (nSPS) is 15.0. The van der Waals surface area contributed by atoms with Crippen LogP contribution in [0.2, 0.25) is 0 Å². The summed E-state index contributed by atoms with van der Waals surface area (Å²) in [6.45, 7) is 7.44. The first-order valence-electron chi connectivity index (χ1n) is 14.1. The van der Waals surface area contributed by atoms with Crippen molar-refractivity contribution in [1.29, 1.82) is 0 Å². The lowest BCUT2D eigenvalue weighted by molar-refractivity contribution is -0.135. The molecule has 2 aromatic heterocycles. The van der Waals surface area contributed by atoms with Crippen LogP contribution in [0.1, 0.15) is 57.3 Å². The van der Waals surface area contributed by atoms with E-state index in [-0.39, 0.29) is 5.92 Å². The number of hydrogen-bond acceptors (Lipinski definition) is 5. The summed E-state index contributed by atoms with van der Waals surface area (Å²) in [6, 6.07) is 20.5. The van der Waals surface area contributed by atoms with Gasteiger partial charge in [-0.1, -0.05) is 75.2 Å². The van der Waals surface area contributed by atoms with Crippen LogP contribution in [0, 0.1) is 5.92 Å². The first kappa shape index (κ1) is 25.9. The van der Waals surface area contributed by atoms with Gasteiger partial charge in [0.1, 0.15) is 11.6 Å². The van der Waals surface area contributed by atoms with Crippen LogP contribution in [0.4, 0.5) is 5.82 Å². The third-order valence-corrected chi connectivity index (χ3v) is 7.52. The minimum absolute atomic E-state index is 0.133. The molecule has 0 spiro atoms. The minimum atomic E-state index is 0.133. The molecule has 0 N–H and O–H groups in total. The molecule has 1 aliphatic rings. The molecule has 3 heterocycles. The summed E-state index contributed by atoms with van der Waals surface area (Å²) in [4.78, 5) is 27.8. The van der Waals surface area contributed by atoms with Gasteiger partial charge in [-0.3, -0.25) is 4.79 Å². The van der Waals surface area contributed by atoms with Gasteiger partial charge in [0.15, 0.2) is 5.65 Å². The molecule has 2 aromatic carbocycles. The Balaban J connectivity index is 1.46. The van der Waals surface area contributed by atoms with E-state index >= 15 is 0 Å². The van der Waals surface area contributed by atoms with Crippen LogP contribution >= 0.6 is 0 Å². The zero-order valence-corrected chi connectivity index (χ0v) is 22.6. The Morgan fingerprint density at radius 2 is 1.68 bits per heavy atom. The quantitative estimate of drug-likeness (QED) is 0.291. The zero-order valence-electron chi connectivity index (χ0n) is 22.6. The molecule has 38 heavy (non-hydrogen) atoms. The predicted molar refractivity (Wildman–Crippen MR) is 153 cm³/mol. The summed E-state index contributed by atoms with van der Waals surface area (Å²) >= 11 is 0. The predicted octanol–water partition coefficient (Wildman–Crippen LogP) is 5.66. The van der Waals surface area contributed by atoms with Crippen LogP contribution in [0.3, 0.4) is 0 Å². The number of carbonyl (C=O) groups is 1. The van der Waals surface area contributed by atoms with E-state index in [4.69, 9.17) is 15.1 Å². The van der Waals surface area contributed by atoms with Crippen molar-refractivity contribution in [3.63, 3.8) is 0 Å². The number of amides is 1. The number of anilines is 1. The first-order chi connectivity index (χ1) is 18.7. The summed E-state index contributed by atoms with van der Waals surface area (Å²) in [7, 11) is 0. The Hall–Kier alpha value is -3.74. The SMILES string of the molecule is CCCCC(CC)C(=O)N1CCCN(c2nc(Cc3ccccc3)nc3c2cnn3-c2ccccc2)CC1. The second-order valence-electron chi connectivity index (χ2n) is 10.2. The third-order valence-electron chi connectivity index (χ3n) is 7.52. The van der Waals surface area contributed by atoms with Gasteiger partial charge in [-0.25, -0.2) is 14.6 Å². The topological polar surface area (TPSA) is 67.2 Å². The second-order valence-corrected chi connectivity index (χ2v) is 10.2. The molecule has 7 heteroatoms. The van der Waals surface area contributed by atoms with Gasteiger partial charge in [-0.05, 0) is 37.0 Å². The van der Waals surface area contributed by atoms with Crippen LogP contribution in [-0.4, -0.2) is 56.7 Å². The van der Waals surface area contributed by atoms with E-state index in [2.05, 4.69) is 35.8 Å². The first-order valence-corrected chi connectivity index (χ1v) is 14.1. The highest BCUT2D eigenvalue weighted by Gasteiger charge is 2.26. The van der Waals surface area contributed by atoms with Crippen LogP contribution in [0.15, 0.2) is 66.9 Å². The fraction of sp³-hybridized carbons (Fsp3) is 0.419. The number of hydrogen-bond donors (Lipinski definition) is 0. The van der Waals surface area contributed by atoms with Gasteiger partial charge in [0.05, 0.1) is 17.3 Å². The number of fused-ring (bicyclic) bond motifs is 1. The summed E-state index contributed by atoms with van der Waals surface area (Å²) in [5.41, 5.74) is 2.96. The Kier molecular flexibility index (Phi) is 8.31. The molecule has 0 bridgehead atoms. The summed E-state index contributed by atoms with van der Waals surface area (Å²) < 4.78 is 1.90. The molecular weight excluding hydrogens is 472 g/mol. The Bertz CT molecular complexity index is 1340. The molecule has 5 rings (SSSR count). The highest BCUT2D eigenvalue weighted by Crippen LogP contribution is 2.28. The van der Waals surface area contributed by atoms with Crippen LogP contribution in [-0.2, 0) is 11.2 Å². The maximum Gasteiger partial charge on any atom is 0.225 e. The molecule has 4 aromatic rings. The van der Waals surface area contributed by atoms with Crippen molar-refractivity contribution in [1.82, 2.24) is 24.6 Å². The molecule has 1 amide bonds. The molecule has 1 fully saturated rings. The number of benzene rings is 2. The van der Waals surface area contributed by atoms with Gasteiger partial charge in [-0.15, -0.1) is 0 Å². The van der Waals surface area contributed by atoms with Gasteiger partial charge in [0, 0.05) is 38.5 Å². The standard InChI is InChI=1S/C31H38N6O/c1-3-5-15-25(4-2)31(38)36-19-12-18-35(20-21-36)29-27-23-32-37(26-16-10-7-11-17-26)30(27)34-28(33-29)22-24-13-8-6-9-14-24/h6-11,13-14,16-17,23,25H,3-5,12,15,18-22H2,1-2H3. The summed E-state index contributed by atoms with van der Waals surface area (Å²) in [6.07, 6.45) is 7.59. The number of unbranched alkanes of at least 4 members (excludes halogenated alkanes) is 1. The Labute approximate surface area is 225 Å². The molecule has 0 aliphatic carbocycles. The highest BCUT2D eigenvalue weighted by atomic mass is 16.2. The summed E-state index contributed by atoms with van der Waals surface area (Å²) in [5, 5.41) is 5.67. The van der Waals surface area contributed by atoms with Crippen LogP contribution < -0.4 is 4.90 Å². The van der Waals surface area contributed by atoms with Crippen molar-refractivity contribution in [2.45, 2.75) is 52.4 Å². The number of para-hydroxylation sites is 1. The van der Waals surface area contributed by atoms with Gasteiger partial charge < -0.3 is 9.80 Å². The van der Waals surface area contributed by atoms with Crippen molar-refractivity contribution in [3.05, 3.63) is 78.2 Å². The van der Waals surface area contributed by atoms with Gasteiger partial charge >= 0.3 is 0 Å². The van der Waals surface area contributed by atoms with E-state index in [1.807, 2.05) is 59.4 Å². The van der Waals surface area contributed by atoms with E-state index in [0.29, 0.717) is 18.9 Å². The smallest absolute Gasteiger partial charge is 0.225 e. The van der Waals surface area contributed by atoms with E-state index in [1.54, 1.807) is 0 Å². The number of carbonyl (C=O) groups excluding carboxylic acids is 1. The number of nitrogens with zero attached hydrogens (tertiary/aromatic N) is 6. The fourth-order valence-corrected chi connectivity index (χ4v) is 5.35. The lowest BCUT2D eigenvalue weighted by atomic mass is 9.97. The molecule has 1 aliphatic heterocycles. The number of aromatic nitrogens is 4. The number of rotatable bonds is 9. The van der Waals surface area contributed by atoms with E-state index in [0.717, 1.165) is 80.1 Å². The van der Waals surface area contributed by atoms with Crippen molar-refractivity contribution in [2.75, 3.05) is 31.1 Å². The lowest BCUT2D eigenvalue weighted by Crippen LogP contribution is -2.39. The molecule has 0 radical (unpaired) electrons. The Morgan fingerprint density at radius 3 is 2.42 bits per heavy atom. The van der Waals surface area contributed by atoms with Gasteiger partial charge in [0.2, 0.25) is 5.91 Å². The zero-order chi connectivity index (χ0) is 26.3. The Morgan fingerprint density at radius 1 is 0.921 bits per heavy atom. The third kappa shape index (κ3) is 5.72. The summed E-state index contributed by atoms with van der Waals surface area (Å²) in [5.74, 6) is 2.14. The molecule has 1 unspecified atom stereocenters. The van der Waals surface area contributed by atoms with E-state index < -0.39 is 0 Å². The van der Waals surface area contributed by atoms with Gasteiger partial charge in [0.25, 0.3) is 0 Å². The van der Waals surface area contributed by atoms with Crippen molar-refractivity contribution in [2.24, 2.45) is 5.92 Å². The molecule has 0 saturated carbocycles.